The number of benzene rings is 1. The van der Waals surface area contributed by atoms with Gasteiger partial charge < -0.3 is 20.1 Å². The lowest BCUT2D eigenvalue weighted by Gasteiger charge is -2.12. The lowest BCUT2D eigenvalue weighted by atomic mass is 10.2. The van der Waals surface area contributed by atoms with E-state index in [4.69, 9.17) is 9.47 Å². The molecule has 1 atom stereocenters. The summed E-state index contributed by atoms with van der Waals surface area (Å²) in [6, 6.07) is 8.99. The maximum atomic E-state index is 12.9. The second-order valence-electron chi connectivity index (χ2n) is 5.76. The van der Waals surface area contributed by atoms with Gasteiger partial charge in [-0.3, -0.25) is 0 Å². The first-order chi connectivity index (χ1) is 12.2. The number of pyridine rings is 1. The lowest BCUT2D eigenvalue weighted by molar-refractivity contribution is 0.111. The molecule has 6 nitrogen and oxygen atoms in total. The van der Waals surface area contributed by atoms with Gasteiger partial charge in [0, 0.05) is 32.0 Å². The molecule has 0 bridgehead atoms. The van der Waals surface area contributed by atoms with Gasteiger partial charge in [0.05, 0.1) is 6.10 Å². The predicted octanol–water partition coefficient (Wildman–Crippen LogP) is 2.99. The number of nitrogens with one attached hydrogen (secondary N) is 2. The fourth-order valence-corrected chi connectivity index (χ4v) is 2.46. The molecule has 0 radical (unpaired) electrons. The minimum atomic E-state index is -0.320. The topological polar surface area (TPSA) is 72.5 Å². The smallest absolute Gasteiger partial charge is 0.315 e. The van der Waals surface area contributed by atoms with Gasteiger partial charge in [0.25, 0.3) is 0 Å². The van der Waals surface area contributed by atoms with Gasteiger partial charge in [-0.25, -0.2) is 14.2 Å². The van der Waals surface area contributed by atoms with E-state index in [1.165, 1.54) is 24.3 Å². The second kappa shape index (κ2) is 8.43. The Morgan fingerprint density at radius 1 is 1.24 bits per heavy atom. The van der Waals surface area contributed by atoms with Gasteiger partial charge in [0.15, 0.2) is 0 Å². The molecule has 7 heteroatoms. The summed E-state index contributed by atoms with van der Waals surface area (Å²) in [5.74, 6) is 0.589. The number of ether oxygens (including phenoxy) is 2. The van der Waals surface area contributed by atoms with E-state index >= 15 is 0 Å². The van der Waals surface area contributed by atoms with Crippen LogP contribution in [0.3, 0.4) is 0 Å². The molecule has 2 heterocycles. The quantitative estimate of drug-likeness (QED) is 0.844. The first kappa shape index (κ1) is 17.2. The highest BCUT2D eigenvalue weighted by molar-refractivity contribution is 5.73. The van der Waals surface area contributed by atoms with Crippen LogP contribution in [0.1, 0.15) is 18.4 Å². The molecule has 2 amide bonds. The van der Waals surface area contributed by atoms with Gasteiger partial charge in [-0.1, -0.05) is 6.07 Å². The van der Waals surface area contributed by atoms with Crippen LogP contribution in [-0.2, 0) is 11.3 Å². The Morgan fingerprint density at radius 2 is 2.08 bits per heavy atom. The minimum Gasteiger partial charge on any atom is -0.439 e. The minimum absolute atomic E-state index is 0.121. The van der Waals surface area contributed by atoms with Crippen molar-refractivity contribution in [2.24, 2.45) is 0 Å². The zero-order valence-electron chi connectivity index (χ0n) is 13.7. The fourth-order valence-electron chi connectivity index (χ4n) is 2.46. The highest BCUT2D eigenvalue weighted by atomic mass is 19.1. The number of rotatable bonds is 6. The zero-order chi connectivity index (χ0) is 17.5. The fraction of sp³-hybridized carbons (Fsp3) is 0.333. The van der Waals surface area contributed by atoms with Gasteiger partial charge in [-0.2, -0.15) is 0 Å². The van der Waals surface area contributed by atoms with Crippen molar-refractivity contribution in [1.82, 2.24) is 15.6 Å². The van der Waals surface area contributed by atoms with Crippen molar-refractivity contribution in [3.8, 4) is 11.6 Å². The molecule has 25 heavy (non-hydrogen) atoms. The summed E-state index contributed by atoms with van der Waals surface area (Å²) in [5.41, 5.74) is 0.846. The summed E-state index contributed by atoms with van der Waals surface area (Å²) in [5, 5.41) is 5.56. The van der Waals surface area contributed by atoms with E-state index in [0.29, 0.717) is 24.7 Å². The van der Waals surface area contributed by atoms with Gasteiger partial charge >= 0.3 is 6.03 Å². The zero-order valence-corrected chi connectivity index (χ0v) is 13.7. The Bertz CT molecular complexity index is 686. The molecule has 2 N–H and O–H groups in total. The third-order valence-corrected chi connectivity index (χ3v) is 3.80. The normalized spacial score (nSPS) is 16.4. The number of urea groups is 1. The van der Waals surface area contributed by atoms with E-state index in [-0.39, 0.29) is 18.0 Å². The Morgan fingerprint density at radius 3 is 2.76 bits per heavy atom. The van der Waals surface area contributed by atoms with Crippen molar-refractivity contribution in [2.75, 3.05) is 13.2 Å². The first-order valence-electron chi connectivity index (χ1n) is 8.21. The van der Waals surface area contributed by atoms with E-state index in [1.807, 2.05) is 6.07 Å². The molecule has 2 aromatic rings. The van der Waals surface area contributed by atoms with E-state index < -0.39 is 0 Å². The van der Waals surface area contributed by atoms with Crippen LogP contribution in [0.15, 0.2) is 42.6 Å². The van der Waals surface area contributed by atoms with Crippen LogP contribution >= 0.6 is 0 Å². The number of hydrogen-bond donors (Lipinski definition) is 2. The summed E-state index contributed by atoms with van der Waals surface area (Å²) in [6.07, 6.45) is 3.78. The highest BCUT2D eigenvalue weighted by Crippen LogP contribution is 2.19. The summed E-state index contributed by atoms with van der Waals surface area (Å²) in [6.45, 7) is 1.65. The van der Waals surface area contributed by atoms with Crippen molar-refractivity contribution in [2.45, 2.75) is 25.5 Å². The number of halogens is 1. The van der Waals surface area contributed by atoms with Gasteiger partial charge in [0.1, 0.15) is 11.6 Å². The van der Waals surface area contributed by atoms with E-state index in [1.54, 1.807) is 12.3 Å². The summed E-state index contributed by atoms with van der Waals surface area (Å²) < 4.78 is 23.8. The van der Waals surface area contributed by atoms with Crippen LogP contribution in [-0.4, -0.2) is 30.3 Å². The number of aromatic nitrogens is 1. The van der Waals surface area contributed by atoms with Crippen LogP contribution in [0.4, 0.5) is 9.18 Å². The van der Waals surface area contributed by atoms with Crippen molar-refractivity contribution in [3.63, 3.8) is 0 Å². The third kappa shape index (κ3) is 5.42. The molecule has 1 aliphatic heterocycles. The molecule has 0 unspecified atom stereocenters. The maximum Gasteiger partial charge on any atom is 0.315 e. The Hall–Kier alpha value is -2.67. The number of carbonyl (C=O) groups is 1. The SMILES string of the molecule is O=C(NCc1ccc(Oc2ccc(F)cc2)nc1)NC[C@@H]1CCCO1. The van der Waals surface area contributed by atoms with Crippen LogP contribution in [0.5, 0.6) is 11.6 Å². The molecule has 1 saturated heterocycles. The lowest BCUT2D eigenvalue weighted by Crippen LogP contribution is -2.39. The maximum absolute atomic E-state index is 12.9. The van der Waals surface area contributed by atoms with Gasteiger partial charge in [-0.15, -0.1) is 0 Å². The molecule has 132 valence electrons. The molecule has 0 saturated carbocycles. The molecule has 0 spiro atoms. The van der Waals surface area contributed by atoms with Crippen molar-refractivity contribution in [3.05, 3.63) is 54.0 Å². The van der Waals surface area contributed by atoms with Gasteiger partial charge in [0.2, 0.25) is 5.88 Å². The number of amides is 2. The summed E-state index contributed by atoms with van der Waals surface area (Å²) >= 11 is 0. The van der Waals surface area contributed by atoms with E-state index in [9.17, 15) is 9.18 Å². The summed E-state index contributed by atoms with van der Waals surface area (Å²) in [7, 11) is 0. The predicted molar refractivity (Wildman–Crippen MR) is 89.9 cm³/mol. The monoisotopic (exact) mass is 345 g/mol. The third-order valence-electron chi connectivity index (χ3n) is 3.80. The average Bonchev–Trinajstić information content (AvgIpc) is 3.15. The van der Waals surface area contributed by atoms with E-state index in [2.05, 4.69) is 15.6 Å². The Balaban J connectivity index is 1.42. The molecule has 1 aliphatic rings. The highest BCUT2D eigenvalue weighted by Gasteiger charge is 2.15. The van der Waals surface area contributed by atoms with Crippen molar-refractivity contribution in [1.29, 1.82) is 0 Å². The molecular weight excluding hydrogens is 325 g/mol. The van der Waals surface area contributed by atoms with Crippen LogP contribution in [0.2, 0.25) is 0 Å². The first-order valence-corrected chi connectivity index (χ1v) is 8.21. The van der Waals surface area contributed by atoms with Gasteiger partial charge in [-0.05, 0) is 42.7 Å². The summed E-state index contributed by atoms with van der Waals surface area (Å²) in [4.78, 5) is 15.9. The second-order valence-corrected chi connectivity index (χ2v) is 5.76. The van der Waals surface area contributed by atoms with E-state index in [0.717, 1.165) is 25.0 Å². The Kier molecular flexibility index (Phi) is 5.79. The number of nitrogens with zero attached hydrogens (tertiary/aromatic N) is 1. The van der Waals surface area contributed by atoms with Crippen molar-refractivity contribution < 1.29 is 18.7 Å². The van der Waals surface area contributed by atoms with Crippen LogP contribution in [0.25, 0.3) is 0 Å². The largest absolute Gasteiger partial charge is 0.439 e. The van der Waals surface area contributed by atoms with Crippen LogP contribution < -0.4 is 15.4 Å². The average molecular weight is 345 g/mol. The Labute approximate surface area is 145 Å². The molecule has 1 fully saturated rings. The molecule has 3 rings (SSSR count). The molecule has 1 aromatic carbocycles. The molecule has 0 aliphatic carbocycles. The number of carbonyl (C=O) groups excluding carboxylic acids is 1. The molecule has 1 aromatic heterocycles. The van der Waals surface area contributed by atoms with Crippen molar-refractivity contribution >= 4 is 6.03 Å². The number of hydrogen-bond acceptors (Lipinski definition) is 4. The van der Waals surface area contributed by atoms with Crippen LogP contribution in [0, 0.1) is 5.82 Å². The molecular formula is C18H20FN3O3. The standard InChI is InChI=1S/C18H20FN3O3/c19-14-4-6-15(7-5-14)25-17-8-3-13(10-20-17)11-21-18(23)22-12-16-2-1-9-24-16/h3-8,10,16H,1-2,9,11-12H2,(H2,21,22,23)/t16-/m0/s1.